The summed E-state index contributed by atoms with van der Waals surface area (Å²) in [4.78, 5) is 0. The Kier molecular flexibility index (Phi) is 6.02. The van der Waals surface area contributed by atoms with Crippen molar-refractivity contribution in [2.45, 2.75) is 52.0 Å². The lowest BCUT2D eigenvalue weighted by Crippen LogP contribution is -2.48. The first-order chi connectivity index (χ1) is 8.93. The normalized spacial score (nSPS) is 15.2. The highest BCUT2D eigenvalue weighted by atomic mass is 16.5. The third-order valence-corrected chi connectivity index (χ3v) is 3.60. The summed E-state index contributed by atoms with van der Waals surface area (Å²) in [5, 5.41) is 3.64. The van der Waals surface area contributed by atoms with Crippen molar-refractivity contribution in [2.24, 2.45) is 0 Å². The molecule has 2 heteroatoms. The molecule has 0 saturated carbocycles. The summed E-state index contributed by atoms with van der Waals surface area (Å²) in [6.45, 7) is 13.4. The van der Waals surface area contributed by atoms with E-state index in [1.54, 1.807) is 0 Å². The molecule has 0 aliphatic carbocycles. The van der Waals surface area contributed by atoms with E-state index in [-0.39, 0.29) is 11.0 Å². The third-order valence-electron chi connectivity index (χ3n) is 3.60. The van der Waals surface area contributed by atoms with Crippen molar-refractivity contribution >= 4 is 0 Å². The van der Waals surface area contributed by atoms with E-state index >= 15 is 0 Å². The Labute approximate surface area is 118 Å². The van der Waals surface area contributed by atoms with Gasteiger partial charge in [0.05, 0.1) is 6.61 Å². The van der Waals surface area contributed by atoms with Crippen molar-refractivity contribution in [3.05, 3.63) is 35.9 Å². The van der Waals surface area contributed by atoms with Gasteiger partial charge in [0, 0.05) is 24.1 Å². The Morgan fingerprint density at radius 2 is 1.68 bits per heavy atom. The Hall–Kier alpha value is -0.860. The van der Waals surface area contributed by atoms with Gasteiger partial charge in [-0.05, 0) is 39.7 Å². The number of rotatable bonds is 7. The van der Waals surface area contributed by atoms with Crippen molar-refractivity contribution in [1.29, 1.82) is 0 Å². The molecule has 0 saturated heterocycles. The predicted molar refractivity (Wildman–Crippen MR) is 82.7 cm³/mol. The van der Waals surface area contributed by atoms with Gasteiger partial charge in [-0.1, -0.05) is 37.3 Å². The lowest BCUT2D eigenvalue weighted by Gasteiger charge is -2.36. The van der Waals surface area contributed by atoms with Crippen LogP contribution in [0.2, 0.25) is 0 Å². The minimum absolute atomic E-state index is 0.0601. The Morgan fingerprint density at radius 3 is 2.16 bits per heavy atom. The van der Waals surface area contributed by atoms with E-state index in [9.17, 15) is 0 Å². The number of ether oxygens (including phenoxy) is 1. The highest BCUT2D eigenvalue weighted by Gasteiger charge is 2.31. The average molecular weight is 263 g/mol. The molecular formula is C17H29NO. The molecule has 0 aliphatic rings. The quantitative estimate of drug-likeness (QED) is 0.809. The van der Waals surface area contributed by atoms with Crippen LogP contribution in [0, 0.1) is 0 Å². The minimum Gasteiger partial charge on any atom is -0.381 e. The molecule has 0 amide bonds. The molecule has 2 nitrogen and oxygen atoms in total. The van der Waals surface area contributed by atoms with Crippen molar-refractivity contribution in [3.63, 3.8) is 0 Å². The van der Waals surface area contributed by atoms with Crippen LogP contribution in [0.3, 0.4) is 0 Å². The molecule has 0 aromatic heterocycles. The van der Waals surface area contributed by atoms with Crippen LogP contribution < -0.4 is 5.32 Å². The van der Waals surface area contributed by atoms with Crippen LogP contribution >= 0.6 is 0 Å². The second kappa shape index (κ2) is 7.06. The van der Waals surface area contributed by atoms with Gasteiger partial charge in [-0.25, -0.2) is 0 Å². The molecule has 1 rings (SSSR count). The van der Waals surface area contributed by atoms with Crippen LogP contribution in [-0.4, -0.2) is 25.3 Å². The van der Waals surface area contributed by atoms with Gasteiger partial charge in [0.25, 0.3) is 0 Å². The summed E-state index contributed by atoms with van der Waals surface area (Å²) in [7, 11) is 0. The highest BCUT2D eigenvalue weighted by molar-refractivity contribution is 5.26. The molecule has 0 bridgehead atoms. The smallest absolute Gasteiger partial charge is 0.0574 e. The van der Waals surface area contributed by atoms with Gasteiger partial charge in [-0.2, -0.15) is 0 Å². The van der Waals surface area contributed by atoms with Gasteiger partial charge < -0.3 is 10.1 Å². The number of benzene rings is 1. The van der Waals surface area contributed by atoms with E-state index in [1.807, 2.05) is 0 Å². The molecule has 0 aliphatic heterocycles. The van der Waals surface area contributed by atoms with E-state index in [4.69, 9.17) is 4.74 Å². The first-order valence-electron chi connectivity index (χ1n) is 7.32. The van der Waals surface area contributed by atoms with Gasteiger partial charge in [-0.3, -0.25) is 0 Å². The van der Waals surface area contributed by atoms with E-state index in [0.29, 0.717) is 0 Å². The van der Waals surface area contributed by atoms with Gasteiger partial charge >= 0.3 is 0 Å². The topological polar surface area (TPSA) is 21.3 Å². The van der Waals surface area contributed by atoms with Crippen molar-refractivity contribution in [3.8, 4) is 0 Å². The molecule has 0 heterocycles. The number of hydrogen-bond donors (Lipinski definition) is 1. The first kappa shape index (κ1) is 16.2. The number of hydrogen-bond acceptors (Lipinski definition) is 2. The third kappa shape index (κ3) is 4.96. The molecule has 1 N–H and O–H groups in total. The van der Waals surface area contributed by atoms with Crippen LogP contribution in [-0.2, 0) is 10.2 Å². The Morgan fingerprint density at radius 1 is 1.05 bits per heavy atom. The summed E-state index contributed by atoms with van der Waals surface area (Å²) < 4.78 is 5.77. The minimum atomic E-state index is 0.0601. The standard InChI is InChI=1S/C17H29NO/c1-6-17(14-19-7-2,13-18-16(3,4)5)15-11-9-8-10-12-15/h8-12,18H,6-7,13-14H2,1-5H3. The first-order valence-corrected chi connectivity index (χ1v) is 7.32. The van der Waals surface area contributed by atoms with Crippen molar-refractivity contribution in [2.75, 3.05) is 19.8 Å². The summed E-state index contributed by atoms with van der Waals surface area (Å²) >= 11 is 0. The molecule has 19 heavy (non-hydrogen) atoms. The summed E-state index contributed by atoms with van der Waals surface area (Å²) in [5.74, 6) is 0. The largest absolute Gasteiger partial charge is 0.381 e. The van der Waals surface area contributed by atoms with E-state index in [2.05, 4.69) is 70.3 Å². The molecule has 1 aromatic carbocycles. The van der Waals surface area contributed by atoms with Gasteiger partial charge in [0.15, 0.2) is 0 Å². The van der Waals surface area contributed by atoms with Crippen LogP contribution in [0.15, 0.2) is 30.3 Å². The maximum absolute atomic E-state index is 5.77. The second-order valence-corrected chi connectivity index (χ2v) is 6.24. The molecule has 1 aromatic rings. The van der Waals surface area contributed by atoms with E-state index in [1.165, 1.54) is 5.56 Å². The van der Waals surface area contributed by atoms with Gasteiger partial charge in [-0.15, -0.1) is 0 Å². The van der Waals surface area contributed by atoms with Crippen LogP contribution in [0.1, 0.15) is 46.6 Å². The van der Waals surface area contributed by atoms with Crippen molar-refractivity contribution in [1.82, 2.24) is 5.32 Å². The average Bonchev–Trinajstić information content (AvgIpc) is 2.40. The van der Waals surface area contributed by atoms with Crippen molar-refractivity contribution < 1.29 is 4.74 Å². The van der Waals surface area contributed by atoms with Gasteiger partial charge in [0.2, 0.25) is 0 Å². The SMILES string of the molecule is CCOCC(CC)(CNC(C)(C)C)c1ccccc1. The van der Waals surface area contributed by atoms with E-state index < -0.39 is 0 Å². The molecule has 1 atom stereocenters. The fourth-order valence-corrected chi connectivity index (χ4v) is 2.19. The predicted octanol–water partition coefficient (Wildman–Crippen LogP) is 3.76. The molecular weight excluding hydrogens is 234 g/mol. The van der Waals surface area contributed by atoms with Crippen LogP contribution in [0.25, 0.3) is 0 Å². The molecule has 0 fully saturated rings. The zero-order chi connectivity index (χ0) is 14.4. The summed E-state index contributed by atoms with van der Waals surface area (Å²) in [6, 6.07) is 10.7. The van der Waals surface area contributed by atoms with Gasteiger partial charge in [0.1, 0.15) is 0 Å². The second-order valence-electron chi connectivity index (χ2n) is 6.24. The van der Waals surface area contributed by atoms with E-state index in [0.717, 1.165) is 26.2 Å². The summed E-state index contributed by atoms with van der Waals surface area (Å²) in [6.07, 6.45) is 1.07. The highest BCUT2D eigenvalue weighted by Crippen LogP contribution is 2.28. The Balaban J connectivity index is 2.94. The fraction of sp³-hybridized carbons (Fsp3) is 0.647. The monoisotopic (exact) mass is 263 g/mol. The van der Waals surface area contributed by atoms with Crippen LogP contribution in [0.5, 0.6) is 0 Å². The lowest BCUT2D eigenvalue weighted by molar-refractivity contribution is 0.0851. The number of nitrogens with one attached hydrogen (secondary N) is 1. The molecule has 1 unspecified atom stereocenters. The lowest BCUT2D eigenvalue weighted by atomic mass is 9.78. The van der Waals surface area contributed by atoms with Crippen LogP contribution in [0.4, 0.5) is 0 Å². The maximum Gasteiger partial charge on any atom is 0.0574 e. The Bertz CT molecular complexity index is 355. The molecule has 0 spiro atoms. The molecule has 0 radical (unpaired) electrons. The zero-order valence-electron chi connectivity index (χ0n) is 13.1. The maximum atomic E-state index is 5.77. The summed E-state index contributed by atoms with van der Waals surface area (Å²) in [5.41, 5.74) is 1.55. The fourth-order valence-electron chi connectivity index (χ4n) is 2.19. The molecule has 108 valence electrons. The zero-order valence-corrected chi connectivity index (χ0v) is 13.1.